The lowest BCUT2D eigenvalue weighted by molar-refractivity contribution is 0.0679. The monoisotopic (exact) mass is 948 g/mol. The molecule has 0 saturated carbocycles. The molecule has 0 unspecified atom stereocenters. The highest BCUT2D eigenvalue weighted by atomic mass is 16.4. The molecule has 7 heterocycles. The molecule has 0 aliphatic carbocycles. The van der Waals surface area contributed by atoms with Gasteiger partial charge in [0.15, 0.2) is 0 Å². The first-order chi connectivity index (χ1) is 32.6. The minimum atomic E-state index is -1.32. The van der Waals surface area contributed by atoms with Gasteiger partial charge in [-0.2, -0.15) is 0 Å². The Kier molecular flexibility index (Phi) is 14.0. The second-order valence-electron chi connectivity index (χ2n) is 16.8. The van der Waals surface area contributed by atoms with Crippen molar-refractivity contribution in [3.63, 3.8) is 0 Å². The zero-order valence-electron chi connectivity index (χ0n) is 38.4. The van der Waals surface area contributed by atoms with E-state index in [4.69, 9.17) is 13.3 Å². The summed E-state index contributed by atoms with van der Waals surface area (Å²) in [7, 11) is 0. The molecule has 0 bridgehead atoms. The van der Waals surface area contributed by atoms with Gasteiger partial charge in [-0.05, 0) is 77.9 Å². The average molecular weight is 949 g/mol. The molecule has 360 valence electrons. The van der Waals surface area contributed by atoms with Crippen LogP contribution in [0.25, 0.3) is 34.0 Å². The number of furan rings is 3. The van der Waals surface area contributed by atoms with Crippen molar-refractivity contribution >= 4 is 35.8 Å². The molecule has 1 aliphatic heterocycles. The Morgan fingerprint density at radius 1 is 0.406 bits per heavy atom. The molecule has 0 spiro atoms. The number of rotatable bonds is 15. The van der Waals surface area contributed by atoms with Crippen LogP contribution < -0.4 is 0 Å². The Morgan fingerprint density at radius 3 is 0.826 bits per heavy atom. The van der Waals surface area contributed by atoms with Crippen LogP contribution in [0.1, 0.15) is 114 Å². The summed E-state index contributed by atoms with van der Waals surface area (Å²) in [6, 6.07) is 8.85. The lowest BCUT2D eigenvalue weighted by Gasteiger charge is -2.25. The largest absolute Gasteiger partial charge is 0.478 e. The third kappa shape index (κ3) is 10.4. The number of carboxylic acid groups (broad SMARTS) is 6. The Hall–Kier alpha value is -8.01. The predicted octanol–water partition coefficient (Wildman–Crippen LogP) is 6.51. The maximum atomic E-state index is 12.4. The molecule has 0 amide bonds. The Labute approximate surface area is 392 Å². The van der Waals surface area contributed by atoms with Gasteiger partial charge in [0.25, 0.3) is 0 Å². The first-order valence-electron chi connectivity index (χ1n) is 21.5. The van der Waals surface area contributed by atoms with Crippen LogP contribution >= 0.6 is 0 Å². The van der Waals surface area contributed by atoms with E-state index in [2.05, 4.69) is 15.0 Å². The van der Waals surface area contributed by atoms with Gasteiger partial charge < -0.3 is 43.9 Å². The zero-order chi connectivity index (χ0) is 50.2. The fourth-order valence-corrected chi connectivity index (χ4v) is 8.81. The summed E-state index contributed by atoms with van der Waals surface area (Å²) in [6.45, 7) is 11.8. The fourth-order valence-electron chi connectivity index (χ4n) is 8.81. The van der Waals surface area contributed by atoms with Gasteiger partial charge in [-0.3, -0.25) is 14.7 Å². The highest BCUT2D eigenvalue weighted by molar-refractivity contribution is 5.95. The maximum absolute atomic E-state index is 12.4. The summed E-state index contributed by atoms with van der Waals surface area (Å²) in [5, 5.41) is 59.8. The third-order valence-corrected chi connectivity index (χ3v) is 12.0. The summed E-state index contributed by atoms with van der Waals surface area (Å²) in [6.07, 6.45) is 0. The van der Waals surface area contributed by atoms with Crippen molar-refractivity contribution in [2.75, 3.05) is 39.3 Å². The van der Waals surface area contributed by atoms with E-state index in [1.165, 1.54) is 39.0 Å². The highest BCUT2D eigenvalue weighted by Crippen LogP contribution is 2.35. The first kappa shape index (κ1) is 48.9. The van der Waals surface area contributed by atoms with Crippen LogP contribution in [-0.2, 0) is 19.6 Å². The van der Waals surface area contributed by atoms with Crippen molar-refractivity contribution in [3.05, 3.63) is 121 Å². The van der Waals surface area contributed by atoms with Crippen molar-refractivity contribution in [2.24, 2.45) is 0 Å². The quantitative estimate of drug-likeness (QED) is 0.0639. The number of carbonyl (C=O) groups is 6. The maximum Gasteiger partial charge on any atom is 0.354 e. The van der Waals surface area contributed by atoms with Gasteiger partial charge in [0, 0.05) is 92.3 Å². The van der Waals surface area contributed by atoms with E-state index in [0.29, 0.717) is 89.7 Å². The Balaban J connectivity index is 1.26. The molecule has 0 atom stereocenters. The number of carboxylic acids is 6. The molecule has 69 heavy (non-hydrogen) atoms. The van der Waals surface area contributed by atoms with Gasteiger partial charge in [-0.25, -0.2) is 43.7 Å². The van der Waals surface area contributed by atoms with E-state index in [0.717, 1.165) is 0 Å². The van der Waals surface area contributed by atoms with Crippen LogP contribution in [0.4, 0.5) is 0 Å². The normalized spacial score (nSPS) is 14.0. The van der Waals surface area contributed by atoms with Crippen molar-refractivity contribution in [1.82, 2.24) is 29.7 Å². The van der Waals surface area contributed by atoms with E-state index in [9.17, 15) is 59.4 Å². The first-order valence-corrected chi connectivity index (χ1v) is 21.5. The molecule has 7 rings (SSSR count). The molecule has 21 heteroatoms. The second-order valence-corrected chi connectivity index (χ2v) is 16.8. The standard InChI is InChI=1S/C48H48N6O15/c1-22-37(46(61)62)25(4)67-40(22)28-13-31(49-34(16-28)43(55)56)19-52-7-9-53(20-32-14-29(17-35(50-32)44(57)58)41-23(2)38(47(63)64)26(5)68-41)11-12-54(10-8-52)21-33-15-30(18-36(51-33)45(59)60)42-24(3)39(48(65)66)27(6)69-42/h13-18H,7-12,19-21H2,1-6H3,(H,55,56)(H,57,58)(H,59,60)(H,61,62)(H,63,64)(H,65,66). The lowest BCUT2D eigenvalue weighted by Crippen LogP contribution is -2.36. The van der Waals surface area contributed by atoms with E-state index in [1.54, 1.807) is 39.0 Å². The number of aromatic carboxylic acids is 6. The third-order valence-electron chi connectivity index (χ3n) is 12.0. The van der Waals surface area contributed by atoms with Gasteiger partial charge in [-0.1, -0.05) is 0 Å². The summed E-state index contributed by atoms with van der Waals surface area (Å²) >= 11 is 0. The Morgan fingerprint density at radius 2 is 0.638 bits per heavy atom. The predicted molar refractivity (Wildman–Crippen MR) is 242 cm³/mol. The Bertz CT molecular complexity index is 2740. The molecular formula is C48H48N6O15. The van der Waals surface area contributed by atoms with Gasteiger partial charge in [0.1, 0.15) is 68.3 Å². The summed E-state index contributed by atoms with van der Waals surface area (Å²) in [5.74, 6) is -6.55. The van der Waals surface area contributed by atoms with Gasteiger partial charge in [0.05, 0.1) is 17.1 Å². The molecule has 6 N–H and O–H groups in total. The minimum absolute atomic E-state index is 0.0368. The fraction of sp³-hybridized carbons (Fsp3) is 0.312. The van der Waals surface area contributed by atoms with Crippen LogP contribution in [0, 0.1) is 41.5 Å². The zero-order valence-corrected chi connectivity index (χ0v) is 38.4. The summed E-state index contributed by atoms with van der Waals surface area (Å²) in [5.41, 5.74) is 1.89. The molecule has 1 saturated heterocycles. The second kappa shape index (κ2) is 19.7. The van der Waals surface area contributed by atoms with E-state index in [1.807, 2.05) is 14.7 Å². The van der Waals surface area contributed by atoms with Gasteiger partial charge >= 0.3 is 35.8 Å². The van der Waals surface area contributed by atoms with Crippen LogP contribution in [0.5, 0.6) is 0 Å². The number of aromatic nitrogens is 3. The lowest BCUT2D eigenvalue weighted by atomic mass is 10.0. The number of pyridine rings is 3. The summed E-state index contributed by atoms with van der Waals surface area (Å²) < 4.78 is 17.6. The van der Waals surface area contributed by atoms with Crippen LogP contribution in [0.15, 0.2) is 49.6 Å². The molecule has 21 nitrogen and oxygen atoms in total. The highest BCUT2D eigenvalue weighted by Gasteiger charge is 2.28. The van der Waals surface area contributed by atoms with Crippen molar-refractivity contribution in [2.45, 2.75) is 61.2 Å². The van der Waals surface area contributed by atoms with E-state index < -0.39 is 35.8 Å². The molecule has 6 aromatic heterocycles. The van der Waals surface area contributed by atoms with Crippen LogP contribution in [0.2, 0.25) is 0 Å². The van der Waals surface area contributed by atoms with Crippen molar-refractivity contribution in [3.8, 4) is 34.0 Å². The topological polar surface area (TPSA) is 312 Å². The smallest absolute Gasteiger partial charge is 0.354 e. The van der Waals surface area contributed by atoms with Crippen molar-refractivity contribution in [1.29, 1.82) is 0 Å². The molecule has 6 aromatic rings. The van der Waals surface area contributed by atoms with Crippen LogP contribution in [-0.4, -0.2) is 135 Å². The molecule has 0 radical (unpaired) electrons. The number of hydrogen-bond acceptors (Lipinski definition) is 15. The average Bonchev–Trinajstić information content (AvgIpc) is 3.90. The van der Waals surface area contributed by atoms with E-state index >= 15 is 0 Å². The van der Waals surface area contributed by atoms with Gasteiger partial charge in [0.2, 0.25) is 0 Å². The molecule has 1 fully saturated rings. The molecule has 1 aliphatic rings. The van der Waals surface area contributed by atoms with Crippen LogP contribution in [0.3, 0.4) is 0 Å². The number of hydrogen-bond donors (Lipinski definition) is 6. The molecule has 0 aromatic carbocycles. The van der Waals surface area contributed by atoms with Crippen molar-refractivity contribution < 1.29 is 72.7 Å². The molecular weight excluding hydrogens is 901 g/mol. The number of aryl methyl sites for hydroxylation is 3. The minimum Gasteiger partial charge on any atom is -0.478 e. The SMILES string of the molecule is Cc1oc(-c2cc(CN3CCN(Cc4cc(-c5oc(C)c(C(=O)O)c5C)cc(C(=O)O)n4)CCN(Cc4cc(-c5oc(C)c(C(=O)O)c5C)cc(C(=O)O)n4)CC3)nc(C(=O)O)c2)c(C)c1C(=O)O. The van der Waals surface area contributed by atoms with Gasteiger partial charge in [-0.15, -0.1) is 0 Å². The number of nitrogens with zero attached hydrogens (tertiary/aromatic N) is 6. The van der Waals surface area contributed by atoms with E-state index in [-0.39, 0.29) is 88.0 Å². The summed E-state index contributed by atoms with van der Waals surface area (Å²) in [4.78, 5) is 92.7.